The lowest BCUT2D eigenvalue weighted by Crippen LogP contribution is -2.44. The van der Waals surface area contributed by atoms with Crippen LogP contribution in [0.2, 0.25) is 0 Å². The number of carbonyl (C=O) groups is 1. The van der Waals surface area contributed by atoms with Crippen molar-refractivity contribution < 1.29 is 13.2 Å². The summed E-state index contributed by atoms with van der Waals surface area (Å²) in [6.07, 6.45) is 3.15. The summed E-state index contributed by atoms with van der Waals surface area (Å²) in [6, 6.07) is 6.73. The van der Waals surface area contributed by atoms with Crippen LogP contribution in [0.3, 0.4) is 0 Å². The van der Waals surface area contributed by atoms with E-state index in [0.29, 0.717) is 0 Å². The highest BCUT2D eigenvalue weighted by atomic mass is 32.2. The highest BCUT2D eigenvalue weighted by Crippen LogP contribution is 2.17. The van der Waals surface area contributed by atoms with Gasteiger partial charge >= 0.3 is 0 Å². The van der Waals surface area contributed by atoms with Gasteiger partial charge in [-0.3, -0.25) is 4.79 Å². The Labute approximate surface area is 133 Å². The van der Waals surface area contributed by atoms with Crippen LogP contribution in [0.4, 0.5) is 0 Å². The van der Waals surface area contributed by atoms with E-state index in [9.17, 15) is 13.2 Å². The van der Waals surface area contributed by atoms with Crippen LogP contribution < -0.4 is 0 Å². The van der Waals surface area contributed by atoms with E-state index in [0.717, 1.165) is 37.9 Å². The highest BCUT2D eigenvalue weighted by Gasteiger charge is 2.27. The molecule has 0 spiro atoms. The van der Waals surface area contributed by atoms with Crippen molar-refractivity contribution in [2.45, 2.75) is 38.0 Å². The lowest BCUT2D eigenvalue weighted by atomic mass is 10.1. The van der Waals surface area contributed by atoms with Gasteiger partial charge in [-0.15, -0.1) is 0 Å². The molecule has 1 heterocycles. The number of nitrogens with zero attached hydrogens (tertiary/aromatic N) is 2. The Kier molecular flexibility index (Phi) is 5.58. The van der Waals surface area contributed by atoms with E-state index in [1.165, 1.54) is 4.31 Å². The average Bonchev–Trinajstić information content (AvgIpc) is 2.53. The molecule has 2 rings (SSSR count). The fourth-order valence-electron chi connectivity index (χ4n) is 2.62. The molecule has 6 heteroatoms. The fraction of sp³-hybridized carbons (Fsp3) is 0.562. The molecule has 1 saturated heterocycles. The molecule has 1 fully saturated rings. The molecule has 0 saturated carbocycles. The van der Waals surface area contributed by atoms with Crippen LogP contribution in [0.25, 0.3) is 0 Å². The van der Waals surface area contributed by atoms with Crippen LogP contribution in [-0.4, -0.2) is 49.7 Å². The summed E-state index contributed by atoms with van der Waals surface area (Å²) in [5.41, 5.74) is 1.01. The van der Waals surface area contributed by atoms with Gasteiger partial charge in [0.1, 0.15) is 0 Å². The molecule has 22 heavy (non-hydrogen) atoms. The Balaban J connectivity index is 2.12. The van der Waals surface area contributed by atoms with E-state index < -0.39 is 10.0 Å². The molecule has 0 aliphatic carbocycles. The number of likely N-dealkylation sites (N-methyl/N-ethyl adjacent to an activating group) is 1. The normalized spacial score (nSPS) is 16.0. The molecule has 1 aromatic carbocycles. The number of aryl methyl sites for hydroxylation is 1. The Hall–Kier alpha value is -1.40. The first-order valence-electron chi connectivity index (χ1n) is 7.79. The molecule has 0 unspecified atom stereocenters. The first-order chi connectivity index (χ1) is 10.4. The van der Waals surface area contributed by atoms with E-state index in [2.05, 4.69) is 0 Å². The van der Waals surface area contributed by atoms with Gasteiger partial charge in [0, 0.05) is 19.6 Å². The van der Waals surface area contributed by atoms with Gasteiger partial charge in [0.25, 0.3) is 0 Å². The zero-order chi connectivity index (χ0) is 16.2. The summed E-state index contributed by atoms with van der Waals surface area (Å²) in [7, 11) is -3.62. The quantitative estimate of drug-likeness (QED) is 0.832. The van der Waals surface area contributed by atoms with E-state index in [1.807, 2.05) is 6.92 Å². The molecule has 5 nitrogen and oxygen atoms in total. The first-order valence-corrected chi connectivity index (χ1v) is 9.23. The molecule has 1 aliphatic rings. The molecule has 0 aromatic heterocycles. The van der Waals surface area contributed by atoms with Crippen molar-refractivity contribution in [3.63, 3.8) is 0 Å². The second-order valence-corrected chi connectivity index (χ2v) is 7.62. The maximum absolute atomic E-state index is 12.6. The van der Waals surface area contributed by atoms with Crippen LogP contribution in [-0.2, 0) is 14.8 Å². The van der Waals surface area contributed by atoms with Gasteiger partial charge in [0.05, 0.1) is 11.4 Å². The maximum Gasteiger partial charge on any atom is 0.243 e. The average molecular weight is 324 g/mol. The highest BCUT2D eigenvalue weighted by molar-refractivity contribution is 7.89. The molecule has 0 bridgehead atoms. The molecule has 1 aliphatic heterocycles. The molecule has 0 atom stereocenters. The summed E-state index contributed by atoms with van der Waals surface area (Å²) < 4.78 is 26.6. The smallest absolute Gasteiger partial charge is 0.243 e. The third-order valence-electron chi connectivity index (χ3n) is 4.03. The molecule has 1 aromatic rings. The monoisotopic (exact) mass is 324 g/mol. The van der Waals surface area contributed by atoms with Gasteiger partial charge in [-0.25, -0.2) is 8.42 Å². The Morgan fingerprint density at radius 1 is 1.14 bits per heavy atom. The Bertz CT molecular complexity index is 605. The molecular formula is C16H24N2O3S. The number of sulfonamides is 1. The van der Waals surface area contributed by atoms with Crippen molar-refractivity contribution in [1.82, 2.24) is 9.21 Å². The summed E-state index contributed by atoms with van der Waals surface area (Å²) in [5.74, 6) is -0.0998. The van der Waals surface area contributed by atoms with Gasteiger partial charge in [0.2, 0.25) is 15.9 Å². The zero-order valence-electron chi connectivity index (χ0n) is 13.3. The number of rotatable bonds is 5. The van der Waals surface area contributed by atoms with Crippen molar-refractivity contribution in [2.75, 3.05) is 26.2 Å². The van der Waals surface area contributed by atoms with Crippen LogP contribution in [0.15, 0.2) is 29.2 Å². The van der Waals surface area contributed by atoms with Crippen molar-refractivity contribution in [3.05, 3.63) is 29.8 Å². The number of likely N-dealkylation sites (tertiary alicyclic amines) is 1. The van der Waals surface area contributed by atoms with Crippen molar-refractivity contribution in [2.24, 2.45) is 0 Å². The van der Waals surface area contributed by atoms with E-state index in [-0.39, 0.29) is 23.9 Å². The predicted molar refractivity (Wildman–Crippen MR) is 86.0 cm³/mol. The minimum atomic E-state index is -3.62. The van der Waals surface area contributed by atoms with Gasteiger partial charge < -0.3 is 4.90 Å². The number of hydrogen-bond acceptors (Lipinski definition) is 3. The van der Waals surface area contributed by atoms with Crippen molar-refractivity contribution >= 4 is 15.9 Å². The van der Waals surface area contributed by atoms with E-state index in [1.54, 1.807) is 36.1 Å². The van der Waals surface area contributed by atoms with Crippen molar-refractivity contribution in [3.8, 4) is 0 Å². The minimum absolute atomic E-state index is 0.0767. The number of carbonyl (C=O) groups excluding carboxylic acids is 1. The second kappa shape index (κ2) is 7.24. The van der Waals surface area contributed by atoms with Crippen LogP contribution >= 0.6 is 0 Å². The van der Waals surface area contributed by atoms with Gasteiger partial charge in [-0.2, -0.15) is 4.31 Å². The zero-order valence-corrected chi connectivity index (χ0v) is 14.1. The van der Waals surface area contributed by atoms with Gasteiger partial charge in [0.15, 0.2) is 0 Å². The van der Waals surface area contributed by atoms with Crippen LogP contribution in [0.5, 0.6) is 0 Å². The number of hydrogen-bond donors (Lipinski definition) is 0. The van der Waals surface area contributed by atoms with Crippen LogP contribution in [0.1, 0.15) is 31.7 Å². The lowest BCUT2D eigenvalue weighted by molar-refractivity contribution is -0.132. The Morgan fingerprint density at radius 3 is 2.27 bits per heavy atom. The Morgan fingerprint density at radius 2 is 1.73 bits per heavy atom. The number of piperidine rings is 1. The summed E-state index contributed by atoms with van der Waals surface area (Å²) in [6.45, 7) is 5.35. The third kappa shape index (κ3) is 3.87. The van der Waals surface area contributed by atoms with Crippen molar-refractivity contribution in [1.29, 1.82) is 0 Å². The maximum atomic E-state index is 12.6. The van der Waals surface area contributed by atoms with E-state index in [4.69, 9.17) is 0 Å². The SMILES string of the molecule is CCN(CC(=O)N1CCCCC1)S(=O)(=O)c1ccc(C)cc1. The molecule has 0 radical (unpaired) electrons. The van der Waals surface area contributed by atoms with E-state index >= 15 is 0 Å². The molecule has 122 valence electrons. The number of benzene rings is 1. The predicted octanol–water partition coefficient (Wildman–Crippen LogP) is 2.02. The second-order valence-electron chi connectivity index (χ2n) is 5.69. The largest absolute Gasteiger partial charge is 0.342 e. The van der Waals surface area contributed by atoms with Gasteiger partial charge in [-0.1, -0.05) is 24.6 Å². The number of amides is 1. The topological polar surface area (TPSA) is 57.7 Å². The minimum Gasteiger partial charge on any atom is -0.342 e. The molecular weight excluding hydrogens is 300 g/mol. The summed E-state index contributed by atoms with van der Waals surface area (Å²) in [4.78, 5) is 14.3. The molecule has 1 amide bonds. The fourth-order valence-corrected chi connectivity index (χ4v) is 4.02. The summed E-state index contributed by atoms with van der Waals surface area (Å²) >= 11 is 0. The van der Waals surface area contributed by atoms with Gasteiger partial charge in [-0.05, 0) is 38.3 Å². The first kappa shape index (κ1) is 17.0. The third-order valence-corrected chi connectivity index (χ3v) is 5.97. The molecule has 0 N–H and O–H groups in total. The lowest BCUT2D eigenvalue weighted by Gasteiger charge is -2.29. The summed E-state index contributed by atoms with van der Waals surface area (Å²) in [5, 5.41) is 0. The standard InChI is InChI=1S/C16H24N2O3S/c1-3-18(13-16(19)17-11-5-4-6-12-17)22(20,21)15-9-7-14(2)8-10-15/h7-10H,3-6,11-13H2,1-2H3. The van der Waals surface area contributed by atoms with Crippen LogP contribution in [0, 0.1) is 6.92 Å².